The normalized spacial score (nSPS) is 22.2. The molecule has 1 aromatic heterocycles. The van der Waals surface area contributed by atoms with Crippen molar-refractivity contribution in [2.45, 2.75) is 71.4 Å². The van der Waals surface area contributed by atoms with Gasteiger partial charge in [0.25, 0.3) is 0 Å². The first-order chi connectivity index (χ1) is 19.5. The second kappa shape index (κ2) is 11.4. The average Bonchev–Trinajstić information content (AvgIpc) is 3.39. The lowest BCUT2D eigenvalue weighted by Crippen LogP contribution is -2.48. The molecule has 6 aliphatic rings. The molecule has 1 saturated heterocycles. The first-order valence-corrected chi connectivity index (χ1v) is 14.8. The molecule has 2 aromatic carbocycles. The molecule has 0 spiro atoms. The number of aromatic nitrogens is 3. The summed E-state index contributed by atoms with van der Waals surface area (Å²) < 4.78 is 7.34. The zero-order chi connectivity index (χ0) is 27.6. The number of allylic oxidation sites excluding steroid dienone is 2. The van der Waals surface area contributed by atoms with Crippen molar-refractivity contribution in [2.75, 3.05) is 26.2 Å². The van der Waals surface area contributed by atoms with Crippen LogP contribution in [-0.4, -0.2) is 63.0 Å². The molecule has 6 aliphatic heterocycles. The van der Waals surface area contributed by atoms with Crippen LogP contribution in [0.1, 0.15) is 72.8 Å². The molecule has 9 rings (SSSR count). The Labute approximate surface area is 236 Å². The van der Waals surface area contributed by atoms with Gasteiger partial charge in [-0.05, 0) is 85.8 Å². The fraction of sp³-hybridized carbons (Fsp3) is 0.500. The van der Waals surface area contributed by atoms with E-state index in [0.717, 1.165) is 79.5 Å². The highest BCUT2D eigenvalue weighted by molar-refractivity contribution is 5.81. The zero-order valence-electron chi connectivity index (χ0n) is 23.6. The second-order valence-corrected chi connectivity index (χ2v) is 11.4. The minimum atomic E-state index is -0.218. The molecular formula is C32H39N5O3. The van der Waals surface area contributed by atoms with Crippen LogP contribution in [-0.2, 0) is 29.0 Å². The van der Waals surface area contributed by atoms with Crippen molar-refractivity contribution in [3.63, 3.8) is 0 Å². The molecule has 7 heterocycles. The van der Waals surface area contributed by atoms with Crippen LogP contribution in [0.5, 0.6) is 0 Å². The molecule has 1 atom stereocenters. The molecule has 210 valence electrons. The van der Waals surface area contributed by atoms with Crippen LogP contribution in [0.3, 0.4) is 0 Å². The highest BCUT2D eigenvalue weighted by atomic mass is 16.5. The Hall–Kier alpha value is -3.68. The van der Waals surface area contributed by atoms with Gasteiger partial charge in [-0.15, -0.1) is 5.10 Å². The fourth-order valence-electron chi connectivity index (χ4n) is 6.68. The number of urea groups is 1. The molecule has 40 heavy (non-hydrogen) atoms. The van der Waals surface area contributed by atoms with Gasteiger partial charge >= 0.3 is 12.0 Å². The Kier molecular flexibility index (Phi) is 7.59. The minimum Gasteiger partial charge on any atom is -0.466 e. The second-order valence-electron chi connectivity index (χ2n) is 11.4. The van der Waals surface area contributed by atoms with Gasteiger partial charge in [0, 0.05) is 32.1 Å². The first-order valence-electron chi connectivity index (χ1n) is 14.8. The number of carbonyl (C=O) groups is 2. The lowest BCUT2D eigenvalue weighted by molar-refractivity contribution is -0.143. The summed E-state index contributed by atoms with van der Waals surface area (Å²) in [6, 6.07) is 10.9. The van der Waals surface area contributed by atoms with Crippen molar-refractivity contribution in [1.82, 2.24) is 24.8 Å². The third kappa shape index (κ3) is 5.23. The Bertz CT molecular complexity index is 1440. The van der Waals surface area contributed by atoms with Crippen molar-refractivity contribution in [2.24, 2.45) is 5.92 Å². The molecule has 0 saturated carbocycles. The number of aryl methyl sites for hydroxylation is 1. The van der Waals surface area contributed by atoms with Gasteiger partial charge in [-0.1, -0.05) is 41.6 Å². The number of carbonyl (C=O) groups excluding carboxylic acids is 2. The first kappa shape index (κ1) is 26.5. The molecule has 9 bridgehead atoms. The summed E-state index contributed by atoms with van der Waals surface area (Å²) in [7, 11) is 0. The number of amides is 2. The number of rotatable bonds is 3. The number of hydrogen-bond acceptors (Lipinski definition) is 5. The summed E-state index contributed by atoms with van der Waals surface area (Å²) in [4.78, 5) is 30.4. The molecule has 2 amide bonds. The standard InChI is InChI=1S/C32H39N5O3/c1-3-40-30(38)20-28-25-9-8-24-14-18-36(21-26(24)19-25)32(39)35-16-12-23(13-17-35)7-5-4-6-15-37-29-11-10-27(28)22(2)31(29)33-34-37/h4,6,8-11,19,23,28H,3,5,7,12-18,20-21H2,1-2H3/b6-4-. The van der Waals surface area contributed by atoms with Crippen molar-refractivity contribution in [3.05, 3.63) is 70.3 Å². The number of hydrogen-bond donors (Lipinski definition) is 0. The van der Waals surface area contributed by atoms with Gasteiger partial charge in [0.15, 0.2) is 0 Å². The lowest BCUT2D eigenvalue weighted by Gasteiger charge is -2.38. The maximum Gasteiger partial charge on any atom is 0.320 e. The summed E-state index contributed by atoms with van der Waals surface area (Å²) in [6.07, 6.45) is 9.85. The molecule has 8 nitrogen and oxygen atoms in total. The van der Waals surface area contributed by atoms with Crippen molar-refractivity contribution in [3.8, 4) is 0 Å². The molecule has 1 fully saturated rings. The van der Waals surface area contributed by atoms with Crippen LogP contribution in [0.2, 0.25) is 0 Å². The predicted molar refractivity (Wildman–Crippen MR) is 154 cm³/mol. The monoisotopic (exact) mass is 541 g/mol. The number of piperidine rings is 1. The quantitative estimate of drug-likeness (QED) is 0.329. The van der Waals surface area contributed by atoms with E-state index >= 15 is 0 Å². The van der Waals surface area contributed by atoms with Crippen LogP contribution < -0.4 is 0 Å². The van der Waals surface area contributed by atoms with E-state index in [9.17, 15) is 9.59 Å². The number of ether oxygens (including phenoxy) is 1. The highest BCUT2D eigenvalue weighted by Crippen LogP contribution is 2.36. The van der Waals surface area contributed by atoms with Gasteiger partial charge in [0.1, 0.15) is 5.52 Å². The van der Waals surface area contributed by atoms with E-state index in [0.29, 0.717) is 25.6 Å². The predicted octanol–water partition coefficient (Wildman–Crippen LogP) is 5.36. The summed E-state index contributed by atoms with van der Waals surface area (Å²) in [5.74, 6) is 0.263. The highest BCUT2D eigenvalue weighted by Gasteiger charge is 2.30. The van der Waals surface area contributed by atoms with Gasteiger partial charge in [-0.25, -0.2) is 9.48 Å². The van der Waals surface area contributed by atoms with Crippen LogP contribution in [0, 0.1) is 12.8 Å². The Balaban J connectivity index is 1.41. The number of esters is 1. The van der Waals surface area contributed by atoms with E-state index in [4.69, 9.17) is 4.74 Å². The smallest absolute Gasteiger partial charge is 0.320 e. The summed E-state index contributed by atoms with van der Waals surface area (Å²) in [6.45, 7) is 7.96. The van der Waals surface area contributed by atoms with E-state index in [2.05, 4.69) is 59.7 Å². The van der Waals surface area contributed by atoms with E-state index in [1.54, 1.807) is 0 Å². The SMILES string of the molecule is CCOC(=O)CC1c2ccc3c(c2)CN(CC3)C(=O)N2CCC(CC/C=C\Cn3nnc4c(C)c1ccc43)CC2. The van der Waals surface area contributed by atoms with Gasteiger partial charge in [0.05, 0.1) is 25.1 Å². The molecular weight excluding hydrogens is 502 g/mol. The van der Waals surface area contributed by atoms with Crippen molar-refractivity contribution >= 4 is 23.0 Å². The maximum atomic E-state index is 13.5. The summed E-state index contributed by atoms with van der Waals surface area (Å²) in [5, 5.41) is 9.02. The van der Waals surface area contributed by atoms with Gasteiger partial charge in [0.2, 0.25) is 0 Å². The van der Waals surface area contributed by atoms with Gasteiger partial charge in [-0.2, -0.15) is 0 Å². The summed E-state index contributed by atoms with van der Waals surface area (Å²) >= 11 is 0. The molecule has 0 aliphatic carbocycles. The Morgan fingerprint density at radius 2 is 1.88 bits per heavy atom. The molecule has 8 heteroatoms. The topological polar surface area (TPSA) is 80.6 Å². The van der Waals surface area contributed by atoms with Crippen LogP contribution in [0.15, 0.2) is 42.5 Å². The minimum absolute atomic E-state index is 0.159. The van der Waals surface area contributed by atoms with E-state index < -0.39 is 0 Å². The Morgan fingerprint density at radius 1 is 1.02 bits per heavy atom. The van der Waals surface area contributed by atoms with Crippen molar-refractivity contribution in [1.29, 1.82) is 0 Å². The molecule has 0 N–H and O–H groups in total. The largest absolute Gasteiger partial charge is 0.466 e. The third-order valence-corrected chi connectivity index (χ3v) is 9.02. The molecule has 0 radical (unpaired) electrons. The zero-order valence-corrected chi connectivity index (χ0v) is 23.6. The van der Waals surface area contributed by atoms with E-state index in [-0.39, 0.29) is 24.3 Å². The Morgan fingerprint density at radius 3 is 2.70 bits per heavy atom. The van der Waals surface area contributed by atoms with Crippen molar-refractivity contribution < 1.29 is 14.3 Å². The number of benzene rings is 2. The number of nitrogens with zero attached hydrogens (tertiary/aromatic N) is 5. The van der Waals surface area contributed by atoms with E-state index in [1.807, 2.05) is 21.4 Å². The van der Waals surface area contributed by atoms with Crippen LogP contribution in [0.25, 0.3) is 11.0 Å². The lowest BCUT2D eigenvalue weighted by atomic mass is 9.83. The summed E-state index contributed by atoms with van der Waals surface area (Å²) in [5.41, 5.74) is 7.47. The average molecular weight is 542 g/mol. The molecule has 1 unspecified atom stereocenters. The van der Waals surface area contributed by atoms with Crippen LogP contribution in [0.4, 0.5) is 4.79 Å². The van der Waals surface area contributed by atoms with Crippen LogP contribution >= 0.6 is 0 Å². The van der Waals surface area contributed by atoms with Gasteiger partial charge in [-0.3, -0.25) is 4.79 Å². The maximum absolute atomic E-state index is 13.5. The third-order valence-electron chi connectivity index (χ3n) is 9.02. The molecule has 3 aromatic rings. The van der Waals surface area contributed by atoms with Gasteiger partial charge < -0.3 is 14.5 Å². The van der Waals surface area contributed by atoms with E-state index in [1.165, 1.54) is 11.1 Å². The fourth-order valence-corrected chi connectivity index (χ4v) is 6.68.